The molecule has 23 heavy (non-hydrogen) atoms. The van der Waals surface area contributed by atoms with E-state index in [4.69, 9.17) is 0 Å². The molecule has 0 unspecified atom stereocenters. The number of para-hydroxylation sites is 1. The summed E-state index contributed by atoms with van der Waals surface area (Å²) in [7, 11) is 0. The molecule has 2 aromatic carbocycles. The van der Waals surface area contributed by atoms with Gasteiger partial charge in [0.2, 0.25) is 5.54 Å². The van der Waals surface area contributed by atoms with E-state index in [9.17, 15) is 9.18 Å². The molecule has 0 saturated carbocycles. The van der Waals surface area contributed by atoms with E-state index in [0.29, 0.717) is 0 Å². The predicted octanol–water partition coefficient (Wildman–Crippen LogP) is 1.62. The first-order chi connectivity index (χ1) is 11.2. The largest absolute Gasteiger partial charge is 0.352 e. The molecule has 0 aliphatic carbocycles. The van der Waals surface area contributed by atoms with Crippen LogP contribution in [-0.2, 0) is 16.8 Å². The maximum atomic E-state index is 13.7. The molecule has 1 atom stereocenters. The smallest absolute Gasteiger partial charge is 0.297 e. The van der Waals surface area contributed by atoms with Crippen molar-refractivity contribution in [1.29, 1.82) is 0 Å². The first-order valence-corrected chi connectivity index (χ1v) is 7.76. The highest BCUT2D eigenvalue weighted by Gasteiger charge is 2.55. The van der Waals surface area contributed by atoms with Crippen LogP contribution in [0.5, 0.6) is 0 Å². The summed E-state index contributed by atoms with van der Waals surface area (Å²) in [6, 6.07) is 12.5. The summed E-state index contributed by atoms with van der Waals surface area (Å²) in [4.78, 5) is 16.3. The molecule has 2 aliphatic heterocycles. The fourth-order valence-corrected chi connectivity index (χ4v) is 4.08. The van der Waals surface area contributed by atoms with Crippen LogP contribution in [0.25, 0.3) is 10.9 Å². The van der Waals surface area contributed by atoms with Gasteiger partial charge in [0.05, 0.1) is 23.5 Å². The topological polar surface area (TPSA) is 61.5 Å². The van der Waals surface area contributed by atoms with Crippen molar-refractivity contribution in [2.45, 2.75) is 12.0 Å². The summed E-state index contributed by atoms with van der Waals surface area (Å²) in [5, 5.41) is 5.96. The number of nitrogens with one attached hydrogen (secondary N) is 2. The SMILES string of the molecule is O=C1Nc2ccccc2[C@]12[NH2+]CCc1c2[nH]c2ccc(F)cc12. The number of aromatic amines is 1. The Morgan fingerprint density at radius 2 is 2.04 bits per heavy atom. The monoisotopic (exact) mass is 308 g/mol. The number of rotatable bonds is 0. The first-order valence-electron chi connectivity index (χ1n) is 7.76. The minimum Gasteiger partial charge on any atom is -0.352 e. The third-order valence-electron chi connectivity index (χ3n) is 5.07. The molecule has 1 aromatic heterocycles. The number of hydrogen-bond donors (Lipinski definition) is 3. The molecule has 3 aromatic rings. The van der Waals surface area contributed by atoms with E-state index in [0.717, 1.165) is 46.4 Å². The number of nitrogens with two attached hydrogens (primary N) is 1. The molecule has 0 bridgehead atoms. The number of fused-ring (bicyclic) bond motifs is 6. The molecular formula is C18H15FN3O+. The van der Waals surface area contributed by atoms with Crippen LogP contribution in [-0.4, -0.2) is 17.4 Å². The third kappa shape index (κ3) is 1.50. The van der Waals surface area contributed by atoms with Crippen LogP contribution in [0, 0.1) is 5.82 Å². The molecule has 1 amide bonds. The van der Waals surface area contributed by atoms with E-state index in [-0.39, 0.29) is 11.7 Å². The Morgan fingerprint density at radius 3 is 2.96 bits per heavy atom. The number of benzene rings is 2. The number of carbonyl (C=O) groups excluding carboxylic acids is 1. The van der Waals surface area contributed by atoms with Crippen molar-refractivity contribution in [3.8, 4) is 0 Å². The Bertz CT molecular complexity index is 978. The molecule has 114 valence electrons. The van der Waals surface area contributed by atoms with Gasteiger partial charge in [-0.3, -0.25) is 4.79 Å². The highest BCUT2D eigenvalue weighted by Crippen LogP contribution is 2.42. The van der Waals surface area contributed by atoms with Crippen molar-refractivity contribution in [3.05, 3.63) is 65.1 Å². The van der Waals surface area contributed by atoms with Gasteiger partial charge in [-0.2, -0.15) is 0 Å². The van der Waals surface area contributed by atoms with Crippen LogP contribution in [0.4, 0.5) is 10.1 Å². The summed E-state index contributed by atoms with van der Waals surface area (Å²) >= 11 is 0. The third-order valence-corrected chi connectivity index (χ3v) is 5.07. The Labute approximate surface area is 131 Å². The van der Waals surface area contributed by atoms with Gasteiger partial charge < -0.3 is 15.6 Å². The first kappa shape index (κ1) is 12.8. The molecule has 5 rings (SSSR count). The van der Waals surface area contributed by atoms with E-state index in [2.05, 4.69) is 15.6 Å². The van der Waals surface area contributed by atoms with Crippen LogP contribution < -0.4 is 10.6 Å². The van der Waals surface area contributed by atoms with Crippen LogP contribution >= 0.6 is 0 Å². The van der Waals surface area contributed by atoms with Crippen molar-refractivity contribution >= 4 is 22.5 Å². The van der Waals surface area contributed by atoms with Gasteiger partial charge >= 0.3 is 0 Å². The lowest BCUT2D eigenvalue weighted by Gasteiger charge is -2.29. The van der Waals surface area contributed by atoms with Crippen molar-refractivity contribution < 1.29 is 14.5 Å². The van der Waals surface area contributed by atoms with Crippen molar-refractivity contribution in [1.82, 2.24) is 4.98 Å². The lowest BCUT2D eigenvalue weighted by Crippen LogP contribution is -2.98. The second-order valence-electron chi connectivity index (χ2n) is 6.22. The second-order valence-corrected chi connectivity index (χ2v) is 6.22. The number of aromatic nitrogens is 1. The Morgan fingerprint density at radius 1 is 1.17 bits per heavy atom. The number of H-pyrrole nitrogens is 1. The fraction of sp³-hybridized carbons (Fsp3) is 0.167. The summed E-state index contributed by atoms with van der Waals surface area (Å²) in [6.07, 6.45) is 0.815. The molecular weight excluding hydrogens is 293 g/mol. The predicted molar refractivity (Wildman–Crippen MR) is 84.6 cm³/mol. The zero-order valence-electron chi connectivity index (χ0n) is 12.3. The Hall–Kier alpha value is -2.66. The van der Waals surface area contributed by atoms with Crippen LogP contribution in [0.2, 0.25) is 0 Å². The van der Waals surface area contributed by atoms with Gasteiger partial charge in [0, 0.05) is 17.3 Å². The van der Waals surface area contributed by atoms with Crippen molar-refractivity contribution in [2.24, 2.45) is 0 Å². The summed E-state index contributed by atoms with van der Waals surface area (Å²) < 4.78 is 13.7. The van der Waals surface area contributed by atoms with Crippen molar-refractivity contribution in [2.75, 3.05) is 11.9 Å². The summed E-state index contributed by atoms with van der Waals surface area (Å²) in [6.45, 7) is 0.790. The standard InChI is InChI=1S/C18H14FN3O/c19-10-5-6-14-12(9-10)11-7-8-20-18(16(11)21-14)13-3-1-2-4-15(13)22-17(18)23/h1-6,9,20-21H,7-8H2,(H,22,23)/p+1/t18-/m1/s1. The van der Waals surface area contributed by atoms with Crippen molar-refractivity contribution in [3.63, 3.8) is 0 Å². The maximum Gasteiger partial charge on any atom is 0.297 e. The number of halogens is 1. The number of anilines is 1. The van der Waals surface area contributed by atoms with E-state index in [1.165, 1.54) is 6.07 Å². The summed E-state index contributed by atoms with van der Waals surface area (Å²) in [5.74, 6) is -0.286. The van der Waals surface area contributed by atoms with E-state index < -0.39 is 5.54 Å². The normalized spacial score (nSPS) is 22.2. The van der Waals surface area contributed by atoms with Gasteiger partial charge in [-0.05, 0) is 35.9 Å². The van der Waals surface area contributed by atoms with Gasteiger partial charge in [-0.1, -0.05) is 12.1 Å². The van der Waals surface area contributed by atoms with Gasteiger partial charge in [0.25, 0.3) is 5.91 Å². The highest BCUT2D eigenvalue weighted by molar-refractivity contribution is 6.08. The van der Waals surface area contributed by atoms with Crippen LogP contribution in [0.1, 0.15) is 16.8 Å². The molecule has 4 nitrogen and oxygen atoms in total. The number of quaternary nitrogens is 1. The van der Waals surface area contributed by atoms with E-state index in [1.54, 1.807) is 12.1 Å². The number of amides is 1. The number of hydrogen-bond acceptors (Lipinski definition) is 1. The average molecular weight is 308 g/mol. The lowest BCUT2D eigenvalue weighted by atomic mass is 9.82. The molecule has 0 fully saturated rings. The van der Waals surface area contributed by atoms with E-state index in [1.807, 2.05) is 24.3 Å². The number of carbonyl (C=O) groups is 1. The second kappa shape index (κ2) is 4.20. The van der Waals surface area contributed by atoms with E-state index >= 15 is 0 Å². The molecule has 0 radical (unpaired) electrons. The van der Waals surface area contributed by atoms with Crippen LogP contribution in [0.15, 0.2) is 42.5 Å². The van der Waals surface area contributed by atoms with Gasteiger partial charge in [0.1, 0.15) is 5.82 Å². The molecule has 5 heteroatoms. The zero-order valence-corrected chi connectivity index (χ0v) is 12.3. The van der Waals surface area contributed by atoms with Gasteiger partial charge in [0.15, 0.2) is 0 Å². The highest BCUT2D eigenvalue weighted by atomic mass is 19.1. The molecule has 3 heterocycles. The molecule has 2 aliphatic rings. The molecule has 4 N–H and O–H groups in total. The average Bonchev–Trinajstić information content (AvgIpc) is 3.06. The lowest BCUT2D eigenvalue weighted by molar-refractivity contribution is -0.713. The Balaban J connectivity index is 1.86. The quantitative estimate of drug-likeness (QED) is 0.581. The van der Waals surface area contributed by atoms with Gasteiger partial charge in [-0.25, -0.2) is 4.39 Å². The minimum absolute atomic E-state index is 0.0355. The van der Waals surface area contributed by atoms with Gasteiger partial charge in [-0.15, -0.1) is 0 Å². The Kier molecular flexibility index (Phi) is 2.35. The maximum absolute atomic E-state index is 13.7. The molecule has 1 spiro atoms. The fourth-order valence-electron chi connectivity index (χ4n) is 4.08. The van der Waals surface area contributed by atoms with Crippen LogP contribution in [0.3, 0.4) is 0 Å². The zero-order chi connectivity index (χ0) is 15.6. The summed E-state index contributed by atoms with van der Waals surface area (Å²) in [5.41, 5.74) is 3.84. The minimum atomic E-state index is -0.792. The molecule has 0 saturated heterocycles.